The van der Waals surface area contributed by atoms with E-state index in [0.29, 0.717) is 45.0 Å². The highest BCUT2D eigenvalue weighted by molar-refractivity contribution is 7.89. The highest BCUT2D eigenvalue weighted by atomic mass is 32.2. The van der Waals surface area contributed by atoms with Gasteiger partial charge in [0.2, 0.25) is 10.0 Å². The first kappa shape index (κ1) is 21.2. The van der Waals surface area contributed by atoms with Crippen LogP contribution in [-0.4, -0.2) is 62.3 Å². The molecule has 2 aromatic rings. The molecule has 29 heavy (non-hydrogen) atoms. The number of likely N-dealkylation sites (N-methyl/N-ethyl adjacent to an activating group) is 1. The monoisotopic (exact) mass is 418 g/mol. The average molecular weight is 419 g/mol. The Balaban J connectivity index is 1.93. The molecular weight excluding hydrogens is 392 g/mol. The average Bonchev–Trinajstić information content (AvgIpc) is 2.72. The van der Waals surface area contributed by atoms with E-state index >= 15 is 0 Å². The standard InChI is InChI=1S/C20H26N4O4S/c1-3-22(16-17-7-5-4-6-8-17)19-10-9-18(15-20(19)24(25)26)29(27,28)23-13-11-21(2)12-14-23/h4-10,15H,3,11-14,16H2,1-2H3. The Morgan fingerprint density at radius 1 is 1.07 bits per heavy atom. The molecule has 0 saturated carbocycles. The first-order valence-electron chi connectivity index (χ1n) is 9.59. The zero-order valence-corrected chi connectivity index (χ0v) is 17.5. The molecule has 0 unspecified atom stereocenters. The molecule has 156 valence electrons. The number of nitro benzene ring substituents is 1. The van der Waals surface area contributed by atoms with Gasteiger partial charge in [0, 0.05) is 45.3 Å². The number of hydrogen-bond donors (Lipinski definition) is 0. The number of nitro groups is 1. The maximum absolute atomic E-state index is 13.0. The third-order valence-electron chi connectivity index (χ3n) is 5.18. The zero-order valence-electron chi connectivity index (χ0n) is 16.7. The van der Waals surface area contributed by atoms with Crippen molar-refractivity contribution in [3.05, 3.63) is 64.2 Å². The first-order chi connectivity index (χ1) is 13.8. The summed E-state index contributed by atoms with van der Waals surface area (Å²) in [5.74, 6) is 0. The Morgan fingerprint density at radius 3 is 2.31 bits per heavy atom. The van der Waals surface area contributed by atoms with Gasteiger partial charge in [-0.2, -0.15) is 4.31 Å². The van der Waals surface area contributed by atoms with E-state index in [2.05, 4.69) is 4.90 Å². The van der Waals surface area contributed by atoms with E-state index in [0.717, 1.165) is 5.56 Å². The maximum atomic E-state index is 13.0. The van der Waals surface area contributed by atoms with Crippen LogP contribution in [0.1, 0.15) is 12.5 Å². The molecule has 1 heterocycles. The largest absolute Gasteiger partial charge is 0.362 e. The number of nitrogens with zero attached hydrogens (tertiary/aromatic N) is 4. The smallest absolute Gasteiger partial charge is 0.293 e. The Labute approximate surface area is 171 Å². The van der Waals surface area contributed by atoms with E-state index in [4.69, 9.17) is 0 Å². The summed E-state index contributed by atoms with van der Waals surface area (Å²) in [5, 5.41) is 11.8. The minimum atomic E-state index is -3.77. The molecule has 0 N–H and O–H groups in total. The van der Waals surface area contributed by atoms with Crippen LogP contribution in [0.4, 0.5) is 11.4 Å². The molecule has 0 radical (unpaired) electrons. The van der Waals surface area contributed by atoms with E-state index in [9.17, 15) is 18.5 Å². The summed E-state index contributed by atoms with van der Waals surface area (Å²) in [6.07, 6.45) is 0. The fraction of sp³-hybridized carbons (Fsp3) is 0.400. The summed E-state index contributed by atoms with van der Waals surface area (Å²) in [6, 6.07) is 13.9. The summed E-state index contributed by atoms with van der Waals surface area (Å²) < 4.78 is 27.4. The van der Waals surface area contributed by atoms with Crippen molar-refractivity contribution in [2.45, 2.75) is 18.4 Å². The quantitative estimate of drug-likeness (QED) is 0.507. The van der Waals surface area contributed by atoms with Crippen LogP contribution in [0.2, 0.25) is 0 Å². The van der Waals surface area contributed by atoms with Crippen LogP contribution < -0.4 is 4.90 Å². The molecule has 1 fully saturated rings. The van der Waals surface area contributed by atoms with Crippen LogP contribution in [0.5, 0.6) is 0 Å². The minimum Gasteiger partial charge on any atom is -0.362 e. The van der Waals surface area contributed by atoms with Gasteiger partial charge in [-0.15, -0.1) is 0 Å². The minimum absolute atomic E-state index is 0.0340. The Kier molecular flexibility index (Phi) is 6.51. The topological polar surface area (TPSA) is 87.0 Å². The van der Waals surface area contributed by atoms with Gasteiger partial charge in [-0.3, -0.25) is 10.1 Å². The van der Waals surface area contributed by atoms with Crippen molar-refractivity contribution < 1.29 is 13.3 Å². The van der Waals surface area contributed by atoms with Gasteiger partial charge in [0.1, 0.15) is 5.69 Å². The molecule has 0 aromatic heterocycles. The number of rotatable bonds is 7. The molecular formula is C20H26N4O4S. The lowest BCUT2D eigenvalue weighted by molar-refractivity contribution is -0.384. The van der Waals surface area contributed by atoms with Crippen molar-refractivity contribution in [3.8, 4) is 0 Å². The van der Waals surface area contributed by atoms with Crippen molar-refractivity contribution in [1.82, 2.24) is 9.21 Å². The fourth-order valence-corrected chi connectivity index (χ4v) is 4.87. The number of piperazine rings is 1. The van der Waals surface area contributed by atoms with Gasteiger partial charge >= 0.3 is 0 Å². The maximum Gasteiger partial charge on any atom is 0.293 e. The Bertz CT molecular complexity index is 958. The summed E-state index contributed by atoms with van der Waals surface area (Å²) >= 11 is 0. The van der Waals surface area contributed by atoms with Gasteiger partial charge in [-0.05, 0) is 31.7 Å². The molecule has 0 spiro atoms. The molecule has 0 amide bonds. The summed E-state index contributed by atoms with van der Waals surface area (Å²) in [7, 11) is -1.83. The zero-order chi connectivity index (χ0) is 21.0. The van der Waals surface area contributed by atoms with Gasteiger partial charge in [0.25, 0.3) is 5.69 Å². The lowest BCUT2D eigenvalue weighted by atomic mass is 10.2. The summed E-state index contributed by atoms with van der Waals surface area (Å²) in [4.78, 5) is 15.1. The highest BCUT2D eigenvalue weighted by Crippen LogP contribution is 2.33. The van der Waals surface area contributed by atoms with Crippen molar-refractivity contribution >= 4 is 21.4 Å². The van der Waals surface area contributed by atoms with E-state index in [1.54, 1.807) is 6.07 Å². The second-order valence-electron chi connectivity index (χ2n) is 7.11. The van der Waals surface area contributed by atoms with Crippen molar-refractivity contribution in [2.75, 3.05) is 44.7 Å². The second kappa shape index (κ2) is 8.89. The highest BCUT2D eigenvalue weighted by Gasteiger charge is 2.30. The van der Waals surface area contributed by atoms with E-state index in [-0.39, 0.29) is 10.6 Å². The normalized spacial score (nSPS) is 15.9. The molecule has 2 aromatic carbocycles. The second-order valence-corrected chi connectivity index (χ2v) is 9.05. The first-order valence-corrected chi connectivity index (χ1v) is 11.0. The predicted octanol–water partition coefficient (Wildman–Crippen LogP) is 2.56. The molecule has 0 aliphatic carbocycles. The number of benzene rings is 2. The number of sulfonamides is 1. The molecule has 3 rings (SSSR count). The van der Waals surface area contributed by atoms with Crippen LogP contribution >= 0.6 is 0 Å². The van der Waals surface area contributed by atoms with Crippen LogP contribution in [0.15, 0.2) is 53.4 Å². The fourth-order valence-electron chi connectivity index (χ4n) is 3.43. The molecule has 9 heteroatoms. The molecule has 1 aliphatic rings. The third-order valence-corrected chi connectivity index (χ3v) is 7.08. The molecule has 0 atom stereocenters. The van der Waals surface area contributed by atoms with E-state index < -0.39 is 14.9 Å². The van der Waals surface area contributed by atoms with Crippen molar-refractivity contribution in [1.29, 1.82) is 0 Å². The summed E-state index contributed by atoms with van der Waals surface area (Å²) in [5.41, 5.74) is 1.24. The molecule has 0 bridgehead atoms. The Morgan fingerprint density at radius 2 is 1.72 bits per heavy atom. The molecule has 8 nitrogen and oxygen atoms in total. The lowest BCUT2D eigenvalue weighted by Crippen LogP contribution is -2.47. The van der Waals surface area contributed by atoms with Crippen LogP contribution in [-0.2, 0) is 16.6 Å². The van der Waals surface area contributed by atoms with Crippen LogP contribution in [0.25, 0.3) is 0 Å². The van der Waals surface area contributed by atoms with Crippen LogP contribution in [0.3, 0.4) is 0 Å². The lowest BCUT2D eigenvalue weighted by Gasteiger charge is -2.31. The molecule has 1 aliphatic heterocycles. The number of anilines is 1. The van der Waals surface area contributed by atoms with Crippen molar-refractivity contribution in [3.63, 3.8) is 0 Å². The Hall–Kier alpha value is -2.49. The predicted molar refractivity (Wildman–Crippen MR) is 113 cm³/mol. The summed E-state index contributed by atoms with van der Waals surface area (Å²) in [6.45, 7) is 5.01. The van der Waals surface area contributed by atoms with Gasteiger partial charge < -0.3 is 9.80 Å². The third kappa shape index (κ3) is 4.75. The van der Waals surface area contributed by atoms with Gasteiger partial charge in [0.15, 0.2) is 0 Å². The van der Waals surface area contributed by atoms with Gasteiger partial charge in [-0.25, -0.2) is 8.42 Å². The number of hydrogen-bond acceptors (Lipinski definition) is 6. The SMILES string of the molecule is CCN(Cc1ccccc1)c1ccc(S(=O)(=O)N2CCN(C)CC2)cc1[N+](=O)[O-]. The molecule has 1 saturated heterocycles. The van der Waals surface area contributed by atoms with Crippen molar-refractivity contribution in [2.24, 2.45) is 0 Å². The van der Waals surface area contributed by atoms with E-state index in [1.165, 1.54) is 16.4 Å². The van der Waals surface area contributed by atoms with Gasteiger partial charge in [-0.1, -0.05) is 30.3 Å². The van der Waals surface area contributed by atoms with Gasteiger partial charge in [0.05, 0.1) is 9.82 Å². The van der Waals surface area contributed by atoms with E-state index in [1.807, 2.05) is 49.2 Å². The van der Waals surface area contributed by atoms with Crippen LogP contribution in [0, 0.1) is 10.1 Å².